The van der Waals surface area contributed by atoms with Crippen LogP contribution >= 0.6 is 0 Å². The second-order valence-corrected chi connectivity index (χ2v) is 6.51. The van der Waals surface area contributed by atoms with Crippen molar-refractivity contribution in [2.75, 3.05) is 46.4 Å². The first kappa shape index (κ1) is 21.3. The monoisotopic (exact) mass is 386 g/mol. The fourth-order valence-electron chi connectivity index (χ4n) is 3.18. The number of benzene rings is 1. The van der Waals surface area contributed by atoms with Gasteiger partial charge in [-0.3, -0.25) is 9.89 Å². The number of rotatable bonds is 6. The smallest absolute Gasteiger partial charge is 0.403 e. The highest BCUT2D eigenvalue weighted by Crippen LogP contribution is 2.25. The van der Waals surface area contributed by atoms with Gasteiger partial charge in [-0.25, -0.2) is 0 Å². The van der Waals surface area contributed by atoms with Gasteiger partial charge in [0.25, 0.3) is 0 Å². The van der Waals surface area contributed by atoms with Crippen molar-refractivity contribution >= 4 is 5.96 Å². The van der Waals surface area contributed by atoms with E-state index >= 15 is 0 Å². The highest BCUT2D eigenvalue weighted by atomic mass is 19.4. The second kappa shape index (κ2) is 9.82. The lowest BCUT2D eigenvalue weighted by atomic mass is 10.1. The zero-order chi connectivity index (χ0) is 19.9. The molecule has 1 fully saturated rings. The number of hydrogen-bond donors (Lipinski definition) is 1. The minimum absolute atomic E-state index is 0.370. The molecule has 1 aromatic carbocycles. The Morgan fingerprint density at radius 2 is 1.89 bits per heavy atom. The number of guanidine groups is 1. The molecule has 0 aromatic heterocycles. The van der Waals surface area contributed by atoms with E-state index in [1.807, 2.05) is 36.1 Å². The van der Waals surface area contributed by atoms with Crippen LogP contribution in [0.5, 0.6) is 5.75 Å². The van der Waals surface area contributed by atoms with Crippen LogP contribution in [0.3, 0.4) is 0 Å². The fourth-order valence-corrected chi connectivity index (χ4v) is 3.18. The van der Waals surface area contributed by atoms with Gasteiger partial charge in [-0.2, -0.15) is 13.2 Å². The van der Waals surface area contributed by atoms with Crippen LogP contribution in [0.2, 0.25) is 0 Å². The number of halogens is 3. The Labute approximate surface area is 159 Å². The molecule has 0 bridgehead atoms. The first-order valence-corrected chi connectivity index (χ1v) is 9.33. The summed E-state index contributed by atoms with van der Waals surface area (Å²) in [5.74, 6) is 1.61. The fraction of sp³-hybridized carbons (Fsp3) is 0.632. The Kier molecular flexibility index (Phi) is 7.77. The summed E-state index contributed by atoms with van der Waals surface area (Å²) in [6, 6.07) is 6.50. The molecule has 0 aliphatic carbocycles. The van der Waals surface area contributed by atoms with E-state index in [1.165, 1.54) is 11.8 Å². The SMILES string of the molecule is CCOc1ccccc1CCNC(=NC)N1CCN(C(C)C(F)(F)F)CC1. The first-order chi connectivity index (χ1) is 12.9. The molecule has 0 saturated carbocycles. The third-order valence-electron chi connectivity index (χ3n) is 4.80. The third-order valence-corrected chi connectivity index (χ3v) is 4.80. The third kappa shape index (κ3) is 6.02. The standard InChI is InChI=1S/C19H29F3N4O/c1-4-27-17-8-6-5-7-16(17)9-10-24-18(23-3)26-13-11-25(12-14-26)15(2)19(20,21)22/h5-8,15H,4,9-14H2,1-3H3,(H,23,24). The molecule has 0 radical (unpaired) electrons. The van der Waals surface area contributed by atoms with Crippen molar-refractivity contribution in [2.45, 2.75) is 32.5 Å². The molecule has 1 N–H and O–H groups in total. The second-order valence-electron chi connectivity index (χ2n) is 6.51. The Hall–Kier alpha value is -1.96. The minimum Gasteiger partial charge on any atom is -0.494 e. The summed E-state index contributed by atoms with van der Waals surface area (Å²) in [5.41, 5.74) is 1.12. The summed E-state index contributed by atoms with van der Waals surface area (Å²) in [4.78, 5) is 7.76. The van der Waals surface area contributed by atoms with E-state index in [1.54, 1.807) is 7.05 Å². The van der Waals surface area contributed by atoms with Gasteiger partial charge in [0, 0.05) is 39.8 Å². The van der Waals surface area contributed by atoms with E-state index in [0.29, 0.717) is 39.3 Å². The number of hydrogen-bond acceptors (Lipinski definition) is 3. The molecule has 1 unspecified atom stereocenters. The molecule has 27 heavy (non-hydrogen) atoms. The molecule has 1 saturated heterocycles. The normalized spacial score (nSPS) is 17.7. The van der Waals surface area contributed by atoms with Gasteiger partial charge in [0.05, 0.1) is 6.61 Å². The van der Waals surface area contributed by atoms with Gasteiger partial charge in [-0.05, 0) is 31.9 Å². The van der Waals surface area contributed by atoms with Crippen molar-refractivity contribution in [3.8, 4) is 5.75 Å². The highest BCUT2D eigenvalue weighted by molar-refractivity contribution is 5.80. The maximum absolute atomic E-state index is 12.9. The van der Waals surface area contributed by atoms with Gasteiger partial charge in [0.2, 0.25) is 0 Å². The van der Waals surface area contributed by atoms with Crippen LogP contribution in [0.1, 0.15) is 19.4 Å². The molecule has 152 valence electrons. The maximum Gasteiger partial charge on any atom is 0.403 e. The molecule has 1 aromatic rings. The summed E-state index contributed by atoms with van der Waals surface area (Å²) in [7, 11) is 1.70. The van der Waals surface area contributed by atoms with Crippen LogP contribution < -0.4 is 10.1 Å². The van der Waals surface area contributed by atoms with Gasteiger partial charge in [-0.1, -0.05) is 18.2 Å². The van der Waals surface area contributed by atoms with Crippen LogP contribution in [0.25, 0.3) is 0 Å². The van der Waals surface area contributed by atoms with Crippen molar-refractivity contribution in [1.82, 2.24) is 15.1 Å². The predicted octanol–water partition coefficient (Wildman–Crippen LogP) is 2.77. The molecular weight excluding hydrogens is 357 g/mol. The lowest BCUT2D eigenvalue weighted by Crippen LogP contribution is -2.56. The van der Waals surface area contributed by atoms with Crippen molar-refractivity contribution in [2.24, 2.45) is 4.99 Å². The van der Waals surface area contributed by atoms with E-state index in [-0.39, 0.29) is 0 Å². The molecule has 5 nitrogen and oxygen atoms in total. The number of para-hydroxylation sites is 1. The van der Waals surface area contributed by atoms with E-state index in [9.17, 15) is 13.2 Å². The van der Waals surface area contributed by atoms with Gasteiger partial charge >= 0.3 is 6.18 Å². The van der Waals surface area contributed by atoms with E-state index in [2.05, 4.69) is 10.3 Å². The number of nitrogens with zero attached hydrogens (tertiary/aromatic N) is 3. The number of ether oxygens (including phenoxy) is 1. The van der Waals surface area contributed by atoms with Gasteiger partial charge in [0.1, 0.15) is 11.8 Å². The topological polar surface area (TPSA) is 40.1 Å². The van der Waals surface area contributed by atoms with E-state index in [4.69, 9.17) is 4.74 Å². The predicted molar refractivity (Wildman–Crippen MR) is 101 cm³/mol. The van der Waals surface area contributed by atoms with Crippen molar-refractivity contribution in [3.05, 3.63) is 29.8 Å². The van der Waals surface area contributed by atoms with Gasteiger partial charge in [0.15, 0.2) is 5.96 Å². The highest BCUT2D eigenvalue weighted by Gasteiger charge is 2.41. The average molecular weight is 386 g/mol. The van der Waals surface area contributed by atoms with Crippen molar-refractivity contribution in [1.29, 1.82) is 0 Å². The molecule has 8 heteroatoms. The molecule has 1 aliphatic rings. The van der Waals surface area contributed by atoms with Crippen LogP contribution in [0.4, 0.5) is 13.2 Å². The van der Waals surface area contributed by atoms with Gasteiger partial charge in [-0.15, -0.1) is 0 Å². The van der Waals surface area contributed by atoms with Crippen LogP contribution in [-0.2, 0) is 6.42 Å². The molecule has 2 rings (SSSR count). The Bertz CT molecular complexity index is 613. The average Bonchev–Trinajstić information content (AvgIpc) is 2.65. The minimum atomic E-state index is -4.18. The summed E-state index contributed by atoms with van der Waals surface area (Å²) >= 11 is 0. The Morgan fingerprint density at radius 1 is 1.22 bits per heavy atom. The number of aliphatic imine (C=N–C) groups is 1. The zero-order valence-corrected chi connectivity index (χ0v) is 16.2. The number of nitrogens with one attached hydrogen (secondary N) is 1. The summed E-state index contributed by atoms with van der Waals surface area (Å²) < 4.78 is 44.2. The summed E-state index contributed by atoms with van der Waals surface area (Å²) in [6.07, 6.45) is -3.41. The molecule has 0 spiro atoms. The molecule has 0 amide bonds. The van der Waals surface area contributed by atoms with Crippen LogP contribution in [0.15, 0.2) is 29.3 Å². The summed E-state index contributed by atoms with van der Waals surface area (Å²) in [6.45, 7) is 6.26. The molecule has 1 aliphatic heterocycles. The lowest BCUT2D eigenvalue weighted by molar-refractivity contribution is -0.181. The van der Waals surface area contributed by atoms with Crippen molar-refractivity contribution in [3.63, 3.8) is 0 Å². The lowest BCUT2D eigenvalue weighted by Gasteiger charge is -2.39. The van der Waals surface area contributed by atoms with Crippen molar-refractivity contribution < 1.29 is 17.9 Å². The largest absolute Gasteiger partial charge is 0.494 e. The zero-order valence-electron chi connectivity index (χ0n) is 16.2. The number of piperazine rings is 1. The van der Waals surface area contributed by atoms with Crippen LogP contribution in [0, 0.1) is 0 Å². The van der Waals surface area contributed by atoms with Crippen LogP contribution in [-0.4, -0.2) is 74.4 Å². The van der Waals surface area contributed by atoms with E-state index in [0.717, 1.165) is 23.7 Å². The first-order valence-electron chi connectivity index (χ1n) is 9.33. The van der Waals surface area contributed by atoms with E-state index < -0.39 is 12.2 Å². The summed E-state index contributed by atoms with van der Waals surface area (Å²) in [5, 5.41) is 3.31. The molecule has 1 heterocycles. The molecule has 1 atom stereocenters. The maximum atomic E-state index is 12.9. The Balaban J connectivity index is 1.83. The number of alkyl halides is 3. The van der Waals surface area contributed by atoms with Gasteiger partial charge < -0.3 is 15.0 Å². The molecular formula is C19H29F3N4O. The quantitative estimate of drug-likeness (QED) is 0.603. The Morgan fingerprint density at radius 3 is 2.48 bits per heavy atom.